The number of carbonyl (C=O) groups excluding carboxylic acids is 1. The minimum Gasteiger partial charge on any atom is -0.459 e. The molecule has 1 aliphatic rings. The molecule has 1 unspecified atom stereocenters. The lowest BCUT2D eigenvalue weighted by molar-refractivity contribution is 0.0650. The monoisotopic (exact) mass is 291 g/mol. The van der Waals surface area contributed by atoms with E-state index in [2.05, 4.69) is 10.3 Å². The average molecular weight is 291 g/mol. The number of amides is 1. The van der Waals surface area contributed by atoms with Gasteiger partial charge in [-0.05, 0) is 26.0 Å². The maximum Gasteiger partial charge on any atom is 0.273 e. The van der Waals surface area contributed by atoms with Crippen LogP contribution in [0.3, 0.4) is 0 Å². The zero-order valence-corrected chi connectivity index (χ0v) is 12.4. The van der Waals surface area contributed by atoms with Crippen molar-refractivity contribution in [3.63, 3.8) is 0 Å². The fraction of sp³-hybridized carbons (Fsp3) is 0.429. The molecule has 2 aromatic heterocycles. The predicted molar refractivity (Wildman–Crippen MR) is 77.9 cm³/mol. The molecular formula is C14H17N3O2S. The van der Waals surface area contributed by atoms with Crippen molar-refractivity contribution < 1.29 is 9.21 Å². The van der Waals surface area contributed by atoms with Gasteiger partial charge in [0.15, 0.2) is 10.8 Å². The first-order valence-electron chi connectivity index (χ1n) is 6.69. The lowest BCUT2D eigenvalue weighted by Crippen LogP contribution is -2.52. The van der Waals surface area contributed by atoms with E-state index >= 15 is 0 Å². The summed E-state index contributed by atoms with van der Waals surface area (Å²) in [7, 11) is 0. The molecule has 0 aliphatic carbocycles. The van der Waals surface area contributed by atoms with Crippen LogP contribution in [0.4, 0.5) is 0 Å². The van der Waals surface area contributed by atoms with Gasteiger partial charge in [0.05, 0.1) is 0 Å². The molecule has 5 nitrogen and oxygen atoms in total. The first-order chi connectivity index (χ1) is 9.65. The molecule has 106 valence electrons. The second-order valence-corrected chi connectivity index (χ2v) is 5.86. The average Bonchev–Trinajstić information content (AvgIpc) is 3.07. The zero-order chi connectivity index (χ0) is 14.1. The molecule has 6 heteroatoms. The second-order valence-electron chi connectivity index (χ2n) is 5.00. The number of piperazine rings is 1. The van der Waals surface area contributed by atoms with Crippen molar-refractivity contribution >= 4 is 17.2 Å². The Morgan fingerprint density at radius 1 is 1.55 bits per heavy atom. The van der Waals surface area contributed by atoms with Gasteiger partial charge in [-0.2, -0.15) is 0 Å². The maximum absolute atomic E-state index is 12.5. The van der Waals surface area contributed by atoms with E-state index in [1.54, 1.807) is 0 Å². The second kappa shape index (κ2) is 5.38. The van der Waals surface area contributed by atoms with Crippen LogP contribution < -0.4 is 5.32 Å². The third-order valence-electron chi connectivity index (χ3n) is 3.44. The fourth-order valence-electron chi connectivity index (χ4n) is 2.32. The van der Waals surface area contributed by atoms with E-state index in [9.17, 15) is 4.79 Å². The van der Waals surface area contributed by atoms with Crippen LogP contribution in [0.5, 0.6) is 0 Å². The van der Waals surface area contributed by atoms with Crippen molar-refractivity contribution in [3.05, 3.63) is 29.0 Å². The summed E-state index contributed by atoms with van der Waals surface area (Å²) < 4.78 is 5.54. The summed E-state index contributed by atoms with van der Waals surface area (Å²) in [4.78, 5) is 18.8. The SMILES string of the molecule is Cc1ccc(-c2nc(C(=O)N3CCNCC3C)cs2)o1. The van der Waals surface area contributed by atoms with Gasteiger partial charge in [-0.1, -0.05) is 0 Å². The Morgan fingerprint density at radius 2 is 2.40 bits per heavy atom. The van der Waals surface area contributed by atoms with E-state index in [1.165, 1.54) is 11.3 Å². The molecule has 2 aromatic rings. The van der Waals surface area contributed by atoms with Crippen LogP contribution in [-0.4, -0.2) is 41.5 Å². The zero-order valence-electron chi connectivity index (χ0n) is 11.5. The molecule has 1 saturated heterocycles. The Kier molecular flexibility index (Phi) is 3.58. The van der Waals surface area contributed by atoms with Gasteiger partial charge >= 0.3 is 0 Å². The number of thiazole rings is 1. The standard InChI is InChI=1S/C14H17N3O2S/c1-9-7-15-5-6-17(9)14(18)11-8-20-13(16-11)12-4-3-10(2)19-12/h3-4,8-9,15H,5-7H2,1-2H3. The summed E-state index contributed by atoms with van der Waals surface area (Å²) in [5.41, 5.74) is 0.507. The highest BCUT2D eigenvalue weighted by atomic mass is 32.1. The van der Waals surface area contributed by atoms with Gasteiger partial charge in [-0.3, -0.25) is 4.79 Å². The molecule has 1 atom stereocenters. The molecule has 0 bridgehead atoms. The number of rotatable bonds is 2. The number of hydrogen-bond donors (Lipinski definition) is 1. The Labute approximate surface area is 121 Å². The van der Waals surface area contributed by atoms with Crippen LogP contribution in [0.15, 0.2) is 21.9 Å². The highest BCUT2D eigenvalue weighted by Crippen LogP contribution is 2.26. The molecule has 3 rings (SSSR count). The molecule has 0 aromatic carbocycles. The quantitative estimate of drug-likeness (QED) is 0.921. The van der Waals surface area contributed by atoms with Crippen molar-refractivity contribution in [1.29, 1.82) is 0 Å². The first-order valence-corrected chi connectivity index (χ1v) is 7.57. The highest BCUT2D eigenvalue weighted by molar-refractivity contribution is 7.13. The van der Waals surface area contributed by atoms with Crippen molar-refractivity contribution in [1.82, 2.24) is 15.2 Å². The lowest BCUT2D eigenvalue weighted by Gasteiger charge is -2.33. The summed E-state index contributed by atoms with van der Waals surface area (Å²) >= 11 is 1.44. The van der Waals surface area contributed by atoms with Gasteiger partial charge in [0.25, 0.3) is 5.91 Å². The smallest absolute Gasteiger partial charge is 0.273 e. The number of nitrogens with zero attached hydrogens (tertiary/aromatic N) is 2. The molecule has 0 radical (unpaired) electrons. The molecule has 1 aliphatic heterocycles. The van der Waals surface area contributed by atoms with E-state index in [0.29, 0.717) is 5.69 Å². The third-order valence-corrected chi connectivity index (χ3v) is 4.29. The Bertz CT molecular complexity index is 619. The number of nitrogens with one attached hydrogen (secondary N) is 1. The number of furan rings is 1. The summed E-state index contributed by atoms with van der Waals surface area (Å²) in [6.07, 6.45) is 0. The molecule has 20 heavy (non-hydrogen) atoms. The molecule has 1 N–H and O–H groups in total. The summed E-state index contributed by atoms with van der Waals surface area (Å²) in [5.74, 6) is 1.57. The maximum atomic E-state index is 12.5. The van der Waals surface area contributed by atoms with Gasteiger partial charge < -0.3 is 14.6 Å². The molecular weight excluding hydrogens is 274 g/mol. The van der Waals surface area contributed by atoms with Gasteiger partial charge in [0.2, 0.25) is 0 Å². The van der Waals surface area contributed by atoms with E-state index < -0.39 is 0 Å². The van der Waals surface area contributed by atoms with Crippen LogP contribution in [0.25, 0.3) is 10.8 Å². The van der Waals surface area contributed by atoms with E-state index in [1.807, 2.05) is 36.3 Å². The van der Waals surface area contributed by atoms with Crippen LogP contribution in [-0.2, 0) is 0 Å². The predicted octanol–water partition coefficient (Wildman–Crippen LogP) is 2.15. The fourth-order valence-corrected chi connectivity index (χ4v) is 3.08. The van der Waals surface area contributed by atoms with Crippen molar-refractivity contribution in [2.45, 2.75) is 19.9 Å². The summed E-state index contributed by atoms with van der Waals surface area (Å²) in [5, 5.41) is 5.84. The number of carbonyl (C=O) groups is 1. The van der Waals surface area contributed by atoms with Gasteiger partial charge in [-0.15, -0.1) is 11.3 Å². The van der Waals surface area contributed by atoms with Gasteiger partial charge in [-0.25, -0.2) is 4.98 Å². The molecule has 0 saturated carbocycles. The summed E-state index contributed by atoms with van der Waals surface area (Å²) in [6.45, 7) is 6.34. The van der Waals surface area contributed by atoms with Crippen LogP contribution in [0.2, 0.25) is 0 Å². The molecule has 1 fully saturated rings. The minimum atomic E-state index is 0.00442. The van der Waals surface area contributed by atoms with Crippen LogP contribution in [0.1, 0.15) is 23.2 Å². The van der Waals surface area contributed by atoms with E-state index in [4.69, 9.17) is 4.42 Å². The lowest BCUT2D eigenvalue weighted by atomic mass is 10.2. The van der Waals surface area contributed by atoms with Crippen LogP contribution in [0, 0.1) is 6.92 Å². The number of hydrogen-bond acceptors (Lipinski definition) is 5. The summed E-state index contributed by atoms with van der Waals surface area (Å²) in [6, 6.07) is 3.99. The van der Waals surface area contributed by atoms with Crippen molar-refractivity contribution in [3.8, 4) is 10.8 Å². The van der Waals surface area contributed by atoms with E-state index in [0.717, 1.165) is 36.2 Å². The number of aromatic nitrogens is 1. The van der Waals surface area contributed by atoms with Crippen molar-refractivity contribution in [2.24, 2.45) is 0 Å². The van der Waals surface area contributed by atoms with E-state index in [-0.39, 0.29) is 11.9 Å². The Balaban J connectivity index is 1.81. The number of aryl methyl sites for hydroxylation is 1. The highest BCUT2D eigenvalue weighted by Gasteiger charge is 2.26. The molecule has 3 heterocycles. The van der Waals surface area contributed by atoms with Crippen molar-refractivity contribution in [2.75, 3.05) is 19.6 Å². The topological polar surface area (TPSA) is 58.4 Å². The first kappa shape index (κ1) is 13.3. The Morgan fingerprint density at radius 3 is 3.10 bits per heavy atom. The normalized spacial score (nSPS) is 19.3. The Hall–Kier alpha value is -1.66. The van der Waals surface area contributed by atoms with Gasteiger partial charge in [0.1, 0.15) is 11.5 Å². The molecule has 0 spiro atoms. The van der Waals surface area contributed by atoms with Gasteiger partial charge in [0, 0.05) is 31.1 Å². The largest absolute Gasteiger partial charge is 0.459 e. The minimum absolute atomic E-state index is 0.00442. The molecule has 1 amide bonds. The third kappa shape index (κ3) is 2.48. The van der Waals surface area contributed by atoms with Crippen LogP contribution >= 0.6 is 11.3 Å².